The second kappa shape index (κ2) is 13.3. The summed E-state index contributed by atoms with van der Waals surface area (Å²) >= 11 is 1.69. The monoisotopic (exact) mass is 355 g/mol. The summed E-state index contributed by atoms with van der Waals surface area (Å²) in [6.07, 6.45) is 7.78. The zero-order chi connectivity index (χ0) is 14.1. The molecule has 0 aliphatic rings. The molecule has 1 rings (SSSR count). The highest BCUT2D eigenvalue weighted by molar-refractivity contribution is 7.11. The van der Waals surface area contributed by atoms with Crippen LogP contribution in [-0.2, 0) is 17.8 Å². The molecule has 0 aromatic carbocycles. The van der Waals surface area contributed by atoms with Crippen LogP contribution in [0.2, 0.25) is 0 Å². The standard InChI is InChI=1S/C14H25N3OS.2ClH/c1-3-12-10-16-13(19-12)11-17(2)14(18)8-6-4-5-7-9-15;;/h10H,3-9,11,15H2,1-2H3;2*1H. The highest BCUT2D eigenvalue weighted by Crippen LogP contribution is 2.15. The second-order valence-electron chi connectivity index (χ2n) is 4.78. The van der Waals surface area contributed by atoms with Gasteiger partial charge in [0.2, 0.25) is 5.91 Å². The van der Waals surface area contributed by atoms with Crippen molar-refractivity contribution in [3.8, 4) is 0 Å². The molecular formula is C14H27Cl2N3OS. The molecule has 0 spiro atoms. The molecule has 0 radical (unpaired) electrons. The molecule has 21 heavy (non-hydrogen) atoms. The van der Waals surface area contributed by atoms with Gasteiger partial charge in [-0.25, -0.2) is 4.98 Å². The van der Waals surface area contributed by atoms with E-state index >= 15 is 0 Å². The molecule has 0 bridgehead atoms. The highest BCUT2D eigenvalue weighted by atomic mass is 35.5. The number of carbonyl (C=O) groups is 1. The van der Waals surface area contributed by atoms with Gasteiger partial charge in [-0.15, -0.1) is 36.2 Å². The molecule has 1 aromatic rings. The zero-order valence-corrected chi connectivity index (χ0v) is 15.3. The van der Waals surface area contributed by atoms with Crippen LogP contribution in [0, 0.1) is 0 Å². The third-order valence-electron chi connectivity index (χ3n) is 3.09. The number of amides is 1. The Kier molecular flexibility index (Phi) is 14.5. The normalized spacial score (nSPS) is 9.67. The first-order valence-electron chi connectivity index (χ1n) is 7.05. The minimum atomic E-state index is 0. The zero-order valence-electron chi connectivity index (χ0n) is 12.8. The lowest BCUT2D eigenvalue weighted by atomic mass is 10.1. The van der Waals surface area contributed by atoms with Crippen LogP contribution in [0.4, 0.5) is 0 Å². The fourth-order valence-corrected chi connectivity index (χ4v) is 2.76. The maximum atomic E-state index is 11.9. The van der Waals surface area contributed by atoms with Gasteiger partial charge in [-0.1, -0.05) is 19.8 Å². The van der Waals surface area contributed by atoms with Crippen LogP contribution >= 0.6 is 36.2 Å². The molecule has 0 atom stereocenters. The van der Waals surface area contributed by atoms with Crippen LogP contribution in [0.25, 0.3) is 0 Å². The fourth-order valence-electron chi connectivity index (χ4n) is 1.84. The molecule has 4 nitrogen and oxygen atoms in total. The maximum Gasteiger partial charge on any atom is 0.222 e. The first-order chi connectivity index (χ1) is 9.17. The second-order valence-corrected chi connectivity index (χ2v) is 5.98. The van der Waals surface area contributed by atoms with Crippen LogP contribution < -0.4 is 5.73 Å². The van der Waals surface area contributed by atoms with Gasteiger partial charge < -0.3 is 10.6 Å². The highest BCUT2D eigenvalue weighted by Gasteiger charge is 2.10. The van der Waals surface area contributed by atoms with Crippen LogP contribution in [0.5, 0.6) is 0 Å². The van der Waals surface area contributed by atoms with Crippen LogP contribution in [-0.4, -0.2) is 29.4 Å². The number of hydrogen-bond donors (Lipinski definition) is 1. The summed E-state index contributed by atoms with van der Waals surface area (Å²) < 4.78 is 0. The predicted molar refractivity (Wildman–Crippen MR) is 94.6 cm³/mol. The van der Waals surface area contributed by atoms with E-state index in [1.807, 2.05) is 13.2 Å². The van der Waals surface area contributed by atoms with Gasteiger partial charge in [0.1, 0.15) is 5.01 Å². The van der Waals surface area contributed by atoms with Crippen molar-refractivity contribution in [2.24, 2.45) is 5.73 Å². The van der Waals surface area contributed by atoms with E-state index in [1.54, 1.807) is 16.2 Å². The summed E-state index contributed by atoms with van der Waals surface area (Å²) in [5.41, 5.74) is 5.44. The molecule has 0 aliphatic carbocycles. The minimum Gasteiger partial charge on any atom is -0.339 e. The Labute approximate surface area is 144 Å². The molecule has 0 saturated carbocycles. The molecule has 0 aliphatic heterocycles. The van der Waals surface area contributed by atoms with E-state index in [0.717, 1.165) is 43.7 Å². The molecule has 124 valence electrons. The van der Waals surface area contributed by atoms with E-state index in [0.29, 0.717) is 13.0 Å². The van der Waals surface area contributed by atoms with Gasteiger partial charge in [-0.05, 0) is 25.8 Å². The average Bonchev–Trinajstić information content (AvgIpc) is 2.85. The summed E-state index contributed by atoms with van der Waals surface area (Å²) in [4.78, 5) is 19.3. The van der Waals surface area contributed by atoms with Gasteiger partial charge in [0.25, 0.3) is 0 Å². The van der Waals surface area contributed by atoms with Gasteiger partial charge in [-0.2, -0.15) is 0 Å². The minimum absolute atomic E-state index is 0. The molecule has 0 saturated heterocycles. The average molecular weight is 356 g/mol. The maximum absolute atomic E-state index is 11.9. The van der Waals surface area contributed by atoms with Crippen molar-refractivity contribution in [3.05, 3.63) is 16.1 Å². The summed E-state index contributed by atoms with van der Waals surface area (Å²) in [5.74, 6) is 0.209. The molecule has 0 unspecified atom stereocenters. The number of unbranched alkanes of at least 4 members (excludes halogenated alkanes) is 3. The predicted octanol–water partition coefficient (Wildman–Crippen LogP) is 3.42. The SMILES string of the molecule is CCc1cnc(CN(C)C(=O)CCCCCCN)s1.Cl.Cl. The molecule has 7 heteroatoms. The van der Waals surface area contributed by atoms with Gasteiger partial charge >= 0.3 is 0 Å². The summed E-state index contributed by atoms with van der Waals surface area (Å²) in [7, 11) is 1.86. The number of nitrogens with two attached hydrogens (primary N) is 1. The Morgan fingerprint density at radius 3 is 2.52 bits per heavy atom. The van der Waals surface area contributed by atoms with Crippen molar-refractivity contribution >= 4 is 42.1 Å². The summed E-state index contributed by atoms with van der Waals surface area (Å²) in [6.45, 7) is 3.50. The quantitative estimate of drug-likeness (QED) is 0.690. The number of aryl methyl sites for hydroxylation is 1. The third kappa shape index (κ3) is 9.30. The Balaban J connectivity index is 0. The van der Waals surface area contributed by atoms with E-state index in [1.165, 1.54) is 4.88 Å². The lowest BCUT2D eigenvalue weighted by Gasteiger charge is -2.15. The Morgan fingerprint density at radius 2 is 1.95 bits per heavy atom. The van der Waals surface area contributed by atoms with Gasteiger partial charge in [0.15, 0.2) is 0 Å². The number of hydrogen-bond acceptors (Lipinski definition) is 4. The molecule has 1 heterocycles. The van der Waals surface area contributed by atoms with Crippen molar-refractivity contribution in [2.45, 2.75) is 52.0 Å². The van der Waals surface area contributed by atoms with Gasteiger partial charge in [0, 0.05) is 24.5 Å². The number of carbonyl (C=O) groups excluding carboxylic acids is 1. The fraction of sp³-hybridized carbons (Fsp3) is 0.714. The van der Waals surface area contributed by atoms with Crippen molar-refractivity contribution in [3.63, 3.8) is 0 Å². The Morgan fingerprint density at radius 1 is 1.29 bits per heavy atom. The molecule has 1 amide bonds. The van der Waals surface area contributed by atoms with Crippen LogP contribution in [0.1, 0.15) is 48.9 Å². The first-order valence-corrected chi connectivity index (χ1v) is 7.86. The molecule has 2 N–H and O–H groups in total. The number of thiazole rings is 1. The van der Waals surface area contributed by atoms with Crippen molar-refractivity contribution in [2.75, 3.05) is 13.6 Å². The van der Waals surface area contributed by atoms with Crippen molar-refractivity contribution in [1.29, 1.82) is 0 Å². The smallest absolute Gasteiger partial charge is 0.222 e. The molecular weight excluding hydrogens is 329 g/mol. The third-order valence-corrected chi connectivity index (χ3v) is 4.22. The number of aromatic nitrogens is 1. The van der Waals surface area contributed by atoms with E-state index in [4.69, 9.17) is 5.73 Å². The molecule has 1 aromatic heterocycles. The number of rotatable bonds is 9. The van der Waals surface area contributed by atoms with Crippen molar-refractivity contribution < 1.29 is 4.79 Å². The van der Waals surface area contributed by atoms with Gasteiger partial charge in [-0.3, -0.25) is 4.79 Å². The number of halogens is 2. The van der Waals surface area contributed by atoms with Crippen LogP contribution in [0.3, 0.4) is 0 Å². The van der Waals surface area contributed by atoms with Crippen LogP contribution in [0.15, 0.2) is 6.20 Å². The summed E-state index contributed by atoms with van der Waals surface area (Å²) in [6, 6.07) is 0. The van der Waals surface area contributed by atoms with E-state index in [-0.39, 0.29) is 30.7 Å². The lowest BCUT2D eigenvalue weighted by molar-refractivity contribution is -0.130. The Hall–Kier alpha value is -0.360. The topological polar surface area (TPSA) is 59.2 Å². The number of nitrogens with zero attached hydrogens (tertiary/aromatic N) is 2. The largest absolute Gasteiger partial charge is 0.339 e. The van der Waals surface area contributed by atoms with E-state index in [2.05, 4.69) is 11.9 Å². The van der Waals surface area contributed by atoms with Crippen molar-refractivity contribution in [1.82, 2.24) is 9.88 Å². The lowest BCUT2D eigenvalue weighted by Crippen LogP contribution is -2.25. The summed E-state index contributed by atoms with van der Waals surface area (Å²) in [5, 5.41) is 1.02. The van der Waals surface area contributed by atoms with Gasteiger partial charge in [0.05, 0.1) is 6.54 Å². The molecule has 0 fully saturated rings. The Bertz CT molecular complexity index is 388. The van der Waals surface area contributed by atoms with E-state index < -0.39 is 0 Å². The first kappa shape index (κ1) is 22.9. The van der Waals surface area contributed by atoms with E-state index in [9.17, 15) is 4.79 Å².